The van der Waals surface area contributed by atoms with Crippen LogP contribution in [0.25, 0.3) is 0 Å². The Hall–Kier alpha value is 0.01000. The molecular weight excluding hydrogens is 209 g/mol. The van der Waals surface area contributed by atoms with E-state index in [1.165, 1.54) is 0 Å². The SMILES string of the molecule is CCCC=C(Br)C(F)(F)F. The molecule has 0 N–H and O–H groups in total. The number of rotatable bonds is 2. The van der Waals surface area contributed by atoms with Crippen molar-refractivity contribution >= 4 is 15.9 Å². The maximum atomic E-state index is 11.7. The summed E-state index contributed by atoms with van der Waals surface area (Å²) in [5.74, 6) is 0. The van der Waals surface area contributed by atoms with Crippen LogP contribution in [-0.4, -0.2) is 6.18 Å². The van der Waals surface area contributed by atoms with E-state index < -0.39 is 10.7 Å². The lowest BCUT2D eigenvalue weighted by Gasteiger charge is -2.02. The molecule has 0 bridgehead atoms. The number of hydrogen-bond donors (Lipinski definition) is 0. The highest BCUT2D eigenvalue weighted by Gasteiger charge is 2.31. The van der Waals surface area contributed by atoms with Gasteiger partial charge in [0.05, 0.1) is 4.48 Å². The van der Waals surface area contributed by atoms with Crippen molar-refractivity contribution < 1.29 is 13.2 Å². The molecule has 0 amide bonds. The van der Waals surface area contributed by atoms with Crippen molar-refractivity contribution in [2.45, 2.75) is 25.9 Å². The summed E-state index contributed by atoms with van der Waals surface area (Å²) in [5.41, 5.74) is 0. The Morgan fingerprint density at radius 1 is 1.50 bits per heavy atom. The molecule has 0 unspecified atom stereocenters. The van der Waals surface area contributed by atoms with Crippen molar-refractivity contribution in [2.75, 3.05) is 0 Å². The summed E-state index contributed by atoms with van der Waals surface area (Å²) in [6.45, 7) is 1.83. The Labute approximate surface area is 66.2 Å². The second kappa shape index (κ2) is 4.01. The van der Waals surface area contributed by atoms with Crippen LogP contribution in [-0.2, 0) is 0 Å². The maximum absolute atomic E-state index is 11.7. The van der Waals surface area contributed by atoms with Crippen molar-refractivity contribution in [1.82, 2.24) is 0 Å². The highest BCUT2D eigenvalue weighted by Crippen LogP contribution is 2.30. The molecule has 0 saturated carbocycles. The second-order valence-corrected chi connectivity index (χ2v) is 2.69. The van der Waals surface area contributed by atoms with Gasteiger partial charge in [-0.25, -0.2) is 0 Å². The number of unbranched alkanes of at least 4 members (excludes halogenated alkanes) is 1. The minimum absolute atomic E-state index is 0.458. The molecule has 0 fully saturated rings. The lowest BCUT2D eigenvalue weighted by atomic mass is 10.3. The van der Waals surface area contributed by atoms with Crippen LogP contribution in [0, 0.1) is 0 Å². The zero-order valence-corrected chi connectivity index (χ0v) is 7.09. The summed E-state index contributed by atoms with van der Waals surface area (Å²) >= 11 is 2.44. The molecule has 0 aromatic heterocycles. The van der Waals surface area contributed by atoms with Crippen molar-refractivity contribution in [3.63, 3.8) is 0 Å². The summed E-state index contributed by atoms with van der Waals surface area (Å²) in [4.78, 5) is 0. The van der Waals surface area contributed by atoms with Crippen LogP contribution in [0.3, 0.4) is 0 Å². The van der Waals surface area contributed by atoms with E-state index in [0.717, 1.165) is 12.5 Å². The molecule has 0 spiro atoms. The van der Waals surface area contributed by atoms with Gasteiger partial charge < -0.3 is 0 Å². The van der Waals surface area contributed by atoms with E-state index in [1.807, 2.05) is 6.92 Å². The first kappa shape index (κ1) is 10.0. The minimum atomic E-state index is -4.21. The summed E-state index contributed by atoms with van der Waals surface area (Å²) in [7, 11) is 0. The zero-order valence-electron chi connectivity index (χ0n) is 5.50. The molecule has 0 aromatic carbocycles. The van der Waals surface area contributed by atoms with Crippen LogP contribution in [0.2, 0.25) is 0 Å². The minimum Gasteiger partial charge on any atom is -0.166 e. The molecule has 0 rings (SSSR count). The predicted octanol–water partition coefficient (Wildman–Crippen LogP) is 3.63. The number of hydrogen-bond acceptors (Lipinski definition) is 0. The van der Waals surface area contributed by atoms with Crippen molar-refractivity contribution in [2.24, 2.45) is 0 Å². The monoisotopic (exact) mass is 216 g/mol. The van der Waals surface area contributed by atoms with Crippen molar-refractivity contribution in [3.8, 4) is 0 Å². The molecule has 0 aliphatic carbocycles. The second-order valence-electron chi connectivity index (χ2n) is 1.84. The Kier molecular flexibility index (Phi) is 4.01. The van der Waals surface area contributed by atoms with Crippen molar-refractivity contribution in [3.05, 3.63) is 10.6 Å². The fourth-order valence-electron chi connectivity index (χ4n) is 0.387. The topological polar surface area (TPSA) is 0 Å². The van der Waals surface area contributed by atoms with Crippen LogP contribution in [0.5, 0.6) is 0 Å². The Balaban J connectivity index is 3.93. The van der Waals surface area contributed by atoms with E-state index in [9.17, 15) is 13.2 Å². The van der Waals surface area contributed by atoms with E-state index >= 15 is 0 Å². The Morgan fingerprint density at radius 2 is 2.00 bits per heavy atom. The molecule has 0 nitrogen and oxygen atoms in total. The highest BCUT2D eigenvalue weighted by molar-refractivity contribution is 9.11. The number of alkyl halides is 3. The van der Waals surface area contributed by atoms with Gasteiger partial charge in [0.2, 0.25) is 0 Å². The van der Waals surface area contributed by atoms with Gasteiger partial charge in [-0.2, -0.15) is 13.2 Å². The van der Waals surface area contributed by atoms with Gasteiger partial charge in [0.15, 0.2) is 0 Å². The maximum Gasteiger partial charge on any atom is 0.422 e. The zero-order chi connectivity index (χ0) is 8.20. The summed E-state index contributed by atoms with van der Waals surface area (Å²) in [5, 5.41) is 0. The lowest BCUT2D eigenvalue weighted by Crippen LogP contribution is -2.06. The van der Waals surface area contributed by atoms with Crippen LogP contribution < -0.4 is 0 Å². The smallest absolute Gasteiger partial charge is 0.166 e. The van der Waals surface area contributed by atoms with Crippen LogP contribution >= 0.6 is 15.9 Å². The summed E-state index contributed by atoms with van der Waals surface area (Å²) in [6.07, 6.45) is -1.89. The summed E-state index contributed by atoms with van der Waals surface area (Å²) < 4.78 is 34.3. The van der Waals surface area contributed by atoms with Gasteiger partial charge in [-0.1, -0.05) is 19.4 Å². The van der Waals surface area contributed by atoms with Gasteiger partial charge in [-0.05, 0) is 22.4 Å². The molecule has 4 heteroatoms. The first-order valence-electron chi connectivity index (χ1n) is 2.91. The average molecular weight is 217 g/mol. The van der Waals surface area contributed by atoms with E-state index in [1.54, 1.807) is 0 Å². The van der Waals surface area contributed by atoms with Crippen LogP contribution in [0.1, 0.15) is 19.8 Å². The first-order chi connectivity index (χ1) is 4.48. The van der Waals surface area contributed by atoms with E-state index in [2.05, 4.69) is 15.9 Å². The average Bonchev–Trinajstić information content (AvgIpc) is 1.80. The molecule has 0 aromatic rings. The quantitative estimate of drug-likeness (QED) is 0.662. The fraction of sp³-hybridized carbons (Fsp3) is 0.667. The van der Waals surface area contributed by atoms with Crippen LogP contribution in [0.15, 0.2) is 10.6 Å². The molecule has 10 heavy (non-hydrogen) atoms. The normalized spacial score (nSPS) is 13.9. The van der Waals surface area contributed by atoms with Gasteiger partial charge in [-0.15, -0.1) is 0 Å². The predicted molar refractivity (Wildman–Crippen MR) is 38.0 cm³/mol. The Bertz CT molecular complexity index is 125. The van der Waals surface area contributed by atoms with Crippen LogP contribution in [0.4, 0.5) is 13.2 Å². The Morgan fingerprint density at radius 3 is 2.30 bits per heavy atom. The van der Waals surface area contributed by atoms with Gasteiger partial charge in [0, 0.05) is 0 Å². The van der Waals surface area contributed by atoms with Gasteiger partial charge in [0.1, 0.15) is 0 Å². The van der Waals surface area contributed by atoms with E-state index in [0.29, 0.717) is 6.42 Å². The van der Waals surface area contributed by atoms with Gasteiger partial charge in [0.25, 0.3) is 0 Å². The molecule has 0 heterocycles. The molecule has 60 valence electrons. The molecule has 0 aliphatic rings. The summed E-state index contributed by atoms with van der Waals surface area (Å²) in [6, 6.07) is 0. The number of allylic oxidation sites excluding steroid dienone is 2. The van der Waals surface area contributed by atoms with E-state index in [-0.39, 0.29) is 0 Å². The first-order valence-corrected chi connectivity index (χ1v) is 3.70. The molecule has 0 radical (unpaired) electrons. The third-order valence-corrected chi connectivity index (χ3v) is 1.66. The third-order valence-electron chi connectivity index (χ3n) is 0.883. The standard InChI is InChI=1S/C6H8BrF3/c1-2-3-4-5(7)6(8,9)10/h4H,2-3H2,1H3. The van der Waals surface area contributed by atoms with E-state index in [4.69, 9.17) is 0 Å². The molecule has 0 aliphatic heterocycles. The third kappa shape index (κ3) is 3.93. The molecule has 0 atom stereocenters. The number of halogens is 4. The lowest BCUT2D eigenvalue weighted by molar-refractivity contribution is -0.0830. The molecule has 0 saturated heterocycles. The molecular formula is C6H8BrF3. The van der Waals surface area contributed by atoms with Crippen molar-refractivity contribution in [1.29, 1.82) is 0 Å². The largest absolute Gasteiger partial charge is 0.422 e. The van der Waals surface area contributed by atoms with Gasteiger partial charge in [-0.3, -0.25) is 0 Å². The fourth-order valence-corrected chi connectivity index (χ4v) is 0.616. The highest BCUT2D eigenvalue weighted by atomic mass is 79.9. The van der Waals surface area contributed by atoms with Gasteiger partial charge >= 0.3 is 6.18 Å².